The van der Waals surface area contributed by atoms with Crippen LogP contribution in [0.25, 0.3) is 0 Å². The highest BCUT2D eigenvalue weighted by atomic mass is 32.2. The molecular weight excluding hydrogens is 188 g/mol. The first-order valence-electron chi connectivity index (χ1n) is 3.61. The molecule has 0 atom stereocenters. The van der Waals surface area contributed by atoms with Gasteiger partial charge in [-0.1, -0.05) is 0 Å². The molecule has 0 spiro atoms. The third-order valence-electron chi connectivity index (χ3n) is 1.39. The lowest BCUT2D eigenvalue weighted by molar-refractivity contribution is 0.109. The predicted molar refractivity (Wildman–Crippen MR) is 46.8 cm³/mol. The molecule has 4 nitrogen and oxygen atoms in total. The number of carbonyl (C=O) groups excluding carboxylic acids is 1. The predicted octanol–water partition coefficient (Wildman–Crippen LogP) is 1.97. The quantitative estimate of drug-likeness (QED) is 0.759. The maximum absolute atomic E-state index is 10.3. The smallest absolute Gasteiger partial charge is 0.185 e. The molecule has 0 saturated carbocycles. The average molecular weight is 194 g/mol. The number of imidazole rings is 1. The van der Waals surface area contributed by atoms with Crippen LogP contribution in [0.15, 0.2) is 39.2 Å². The number of rotatable bonds is 3. The Morgan fingerprint density at radius 1 is 1.54 bits per heavy atom. The fourth-order valence-corrected chi connectivity index (χ4v) is 1.56. The minimum Gasteiger partial charge on any atom is -0.447 e. The molecule has 1 N–H and O–H groups in total. The van der Waals surface area contributed by atoms with Gasteiger partial charge in [-0.25, -0.2) is 4.98 Å². The highest BCUT2D eigenvalue weighted by Crippen LogP contribution is 2.25. The summed E-state index contributed by atoms with van der Waals surface area (Å²) in [4.78, 5) is 17.2. The van der Waals surface area contributed by atoms with E-state index in [1.165, 1.54) is 11.8 Å². The maximum Gasteiger partial charge on any atom is 0.185 e. The summed E-state index contributed by atoms with van der Waals surface area (Å²) in [5, 5.41) is 1.39. The third-order valence-corrected chi connectivity index (χ3v) is 2.23. The second-order valence-electron chi connectivity index (χ2n) is 2.27. The molecule has 0 aliphatic rings. The van der Waals surface area contributed by atoms with Gasteiger partial charge in [0.1, 0.15) is 0 Å². The standard InChI is InChI=1S/C8H6N2O2S/c11-5-6-1-2-7(12-6)13-8-9-3-4-10-8/h1-5H,(H,9,10). The first-order valence-corrected chi connectivity index (χ1v) is 4.42. The molecule has 0 aromatic carbocycles. The largest absolute Gasteiger partial charge is 0.447 e. The average Bonchev–Trinajstić information content (AvgIpc) is 2.76. The minimum atomic E-state index is 0.328. The summed E-state index contributed by atoms with van der Waals surface area (Å²) >= 11 is 1.34. The van der Waals surface area contributed by atoms with Gasteiger partial charge in [0.2, 0.25) is 0 Å². The lowest BCUT2D eigenvalue weighted by atomic mass is 10.5. The Kier molecular flexibility index (Phi) is 2.18. The van der Waals surface area contributed by atoms with Crippen LogP contribution >= 0.6 is 11.8 Å². The van der Waals surface area contributed by atoms with Crippen LogP contribution in [0.3, 0.4) is 0 Å². The number of H-pyrrole nitrogens is 1. The van der Waals surface area contributed by atoms with Crippen molar-refractivity contribution in [3.8, 4) is 0 Å². The Morgan fingerprint density at radius 2 is 2.46 bits per heavy atom. The van der Waals surface area contributed by atoms with Crippen LogP contribution in [0.2, 0.25) is 0 Å². The van der Waals surface area contributed by atoms with Gasteiger partial charge in [0.25, 0.3) is 0 Å². The van der Waals surface area contributed by atoms with Crippen molar-refractivity contribution in [3.05, 3.63) is 30.3 Å². The van der Waals surface area contributed by atoms with Crippen molar-refractivity contribution >= 4 is 18.0 Å². The van der Waals surface area contributed by atoms with Crippen LogP contribution in [-0.4, -0.2) is 16.3 Å². The van der Waals surface area contributed by atoms with Gasteiger partial charge in [-0.2, -0.15) is 0 Å². The van der Waals surface area contributed by atoms with Gasteiger partial charge in [0.15, 0.2) is 22.3 Å². The SMILES string of the molecule is O=Cc1ccc(Sc2ncc[nH]2)o1. The molecule has 0 fully saturated rings. The molecule has 2 rings (SSSR count). The molecule has 0 radical (unpaired) electrons. The topological polar surface area (TPSA) is 58.9 Å². The molecule has 0 saturated heterocycles. The first kappa shape index (κ1) is 8.12. The van der Waals surface area contributed by atoms with E-state index in [-0.39, 0.29) is 0 Å². The van der Waals surface area contributed by atoms with Gasteiger partial charge >= 0.3 is 0 Å². The van der Waals surface area contributed by atoms with Gasteiger partial charge in [-0.15, -0.1) is 0 Å². The highest BCUT2D eigenvalue weighted by molar-refractivity contribution is 7.99. The van der Waals surface area contributed by atoms with E-state index in [9.17, 15) is 4.79 Å². The molecular formula is C8H6N2O2S. The van der Waals surface area contributed by atoms with Gasteiger partial charge in [0, 0.05) is 12.4 Å². The number of aldehydes is 1. The van der Waals surface area contributed by atoms with Crippen molar-refractivity contribution in [2.45, 2.75) is 10.2 Å². The third kappa shape index (κ3) is 1.81. The van der Waals surface area contributed by atoms with E-state index in [1.807, 2.05) is 0 Å². The molecule has 0 amide bonds. The molecule has 0 bridgehead atoms. The Bertz CT molecular complexity index is 394. The van der Waals surface area contributed by atoms with Crippen LogP contribution < -0.4 is 0 Å². The summed E-state index contributed by atoms with van der Waals surface area (Å²) in [5.41, 5.74) is 0. The molecule has 66 valence electrons. The van der Waals surface area contributed by atoms with Crippen LogP contribution in [0.5, 0.6) is 0 Å². The molecule has 2 aromatic heterocycles. The summed E-state index contributed by atoms with van der Waals surface area (Å²) in [7, 11) is 0. The number of hydrogen-bond acceptors (Lipinski definition) is 4. The zero-order valence-corrected chi connectivity index (χ0v) is 7.38. The Hall–Kier alpha value is -1.49. The fourth-order valence-electron chi connectivity index (χ4n) is 0.854. The number of aromatic nitrogens is 2. The Morgan fingerprint density at radius 3 is 3.08 bits per heavy atom. The first-order chi connectivity index (χ1) is 6.38. The van der Waals surface area contributed by atoms with Crippen LogP contribution in [0.4, 0.5) is 0 Å². The number of nitrogens with zero attached hydrogens (tertiary/aromatic N) is 1. The van der Waals surface area contributed by atoms with Crippen molar-refractivity contribution < 1.29 is 9.21 Å². The number of aromatic amines is 1. The van der Waals surface area contributed by atoms with Crippen LogP contribution in [0.1, 0.15) is 10.6 Å². The normalized spacial score (nSPS) is 10.2. The molecule has 2 heterocycles. The number of nitrogens with one attached hydrogen (secondary N) is 1. The molecule has 5 heteroatoms. The zero-order chi connectivity index (χ0) is 9.10. The highest BCUT2D eigenvalue weighted by Gasteiger charge is 2.03. The van der Waals surface area contributed by atoms with Gasteiger partial charge < -0.3 is 9.40 Å². The number of carbonyl (C=O) groups is 1. The van der Waals surface area contributed by atoms with E-state index < -0.39 is 0 Å². The summed E-state index contributed by atoms with van der Waals surface area (Å²) in [6, 6.07) is 3.36. The monoisotopic (exact) mass is 194 g/mol. The van der Waals surface area contributed by atoms with Crippen LogP contribution in [-0.2, 0) is 0 Å². The second kappa shape index (κ2) is 3.49. The summed E-state index contributed by atoms with van der Waals surface area (Å²) in [6.45, 7) is 0. The van der Waals surface area contributed by atoms with E-state index in [2.05, 4.69) is 9.97 Å². The minimum absolute atomic E-state index is 0.328. The molecule has 13 heavy (non-hydrogen) atoms. The van der Waals surface area contributed by atoms with E-state index in [4.69, 9.17) is 4.42 Å². The van der Waals surface area contributed by atoms with Crippen molar-refractivity contribution in [1.82, 2.24) is 9.97 Å². The maximum atomic E-state index is 10.3. The summed E-state index contributed by atoms with van der Waals surface area (Å²) in [5.74, 6) is 0.328. The van der Waals surface area contributed by atoms with Crippen molar-refractivity contribution in [2.75, 3.05) is 0 Å². The van der Waals surface area contributed by atoms with E-state index in [1.54, 1.807) is 24.5 Å². The Balaban J connectivity index is 2.14. The van der Waals surface area contributed by atoms with Gasteiger partial charge in [-0.3, -0.25) is 4.79 Å². The second-order valence-corrected chi connectivity index (χ2v) is 3.26. The lowest BCUT2D eigenvalue weighted by Gasteiger charge is -1.89. The fraction of sp³-hybridized carbons (Fsp3) is 0. The van der Waals surface area contributed by atoms with E-state index in [0.29, 0.717) is 17.1 Å². The van der Waals surface area contributed by atoms with E-state index >= 15 is 0 Å². The molecule has 2 aromatic rings. The molecule has 0 aliphatic carbocycles. The summed E-state index contributed by atoms with van der Waals surface area (Å²) < 4.78 is 5.14. The van der Waals surface area contributed by atoms with Crippen molar-refractivity contribution in [2.24, 2.45) is 0 Å². The van der Waals surface area contributed by atoms with E-state index in [0.717, 1.165) is 5.16 Å². The summed E-state index contributed by atoms with van der Waals surface area (Å²) in [6.07, 6.45) is 4.06. The Labute approximate surface area is 78.4 Å². The molecule has 0 unspecified atom stereocenters. The van der Waals surface area contributed by atoms with Gasteiger partial charge in [-0.05, 0) is 23.9 Å². The number of furan rings is 1. The van der Waals surface area contributed by atoms with Crippen LogP contribution in [0, 0.1) is 0 Å². The number of hydrogen-bond donors (Lipinski definition) is 1. The van der Waals surface area contributed by atoms with Gasteiger partial charge in [0.05, 0.1) is 0 Å². The lowest BCUT2D eigenvalue weighted by Crippen LogP contribution is -1.72. The van der Waals surface area contributed by atoms with Crippen molar-refractivity contribution in [1.29, 1.82) is 0 Å². The zero-order valence-electron chi connectivity index (χ0n) is 6.56. The molecule has 0 aliphatic heterocycles. The van der Waals surface area contributed by atoms with Crippen molar-refractivity contribution in [3.63, 3.8) is 0 Å².